The van der Waals surface area contributed by atoms with Crippen LogP contribution in [0.25, 0.3) is 0 Å². The molecule has 1 aliphatic rings. The minimum Gasteiger partial charge on any atom is -0.491 e. The zero-order chi connectivity index (χ0) is 14.2. The molecule has 0 saturated heterocycles. The molecular formula is C14H12ClNO3S. The number of para-hydroxylation sites is 1. The standard InChI is InChI=1S/C14H12ClNO3S/c15-10-4-3-5-11(8-10)20(17,18)16-13-9-19-14-7-2-1-6-12(13)14/h1-8,13,16H,9H2. The van der Waals surface area contributed by atoms with Gasteiger partial charge in [0, 0.05) is 10.6 Å². The summed E-state index contributed by atoms with van der Waals surface area (Å²) in [6.07, 6.45) is 0. The molecule has 4 nitrogen and oxygen atoms in total. The average molecular weight is 310 g/mol. The van der Waals surface area contributed by atoms with Crippen LogP contribution in [0.15, 0.2) is 53.4 Å². The molecule has 0 aliphatic carbocycles. The summed E-state index contributed by atoms with van der Waals surface area (Å²) in [6, 6.07) is 13.2. The van der Waals surface area contributed by atoms with Crippen LogP contribution in [0, 0.1) is 0 Å². The van der Waals surface area contributed by atoms with Gasteiger partial charge in [-0.25, -0.2) is 13.1 Å². The molecule has 104 valence electrons. The number of nitrogens with one attached hydrogen (secondary N) is 1. The lowest BCUT2D eigenvalue weighted by molar-refractivity contribution is 0.325. The summed E-state index contributed by atoms with van der Waals surface area (Å²) < 4.78 is 32.8. The van der Waals surface area contributed by atoms with Gasteiger partial charge in [0.1, 0.15) is 12.4 Å². The molecule has 0 amide bonds. The predicted octanol–water partition coefficient (Wildman–Crippen LogP) is 2.75. The van der Waals surface area contributed by atoms with Gasteiger partial charge in [-0.2, -0.15) is 0 Å². The molecule has 1 atom stereocenters. The van der Waals surface area contributed by atoms with Crippen molar-refractivity contribution in [3.63, 3.8) is 0 Å². The Morgan fingerprint density at radius 1 is 1.15 bits per heavy atom. The van der Waals surface area contributed by atoms with Crippen LogP contribution >= 0.6 is 11.6 Å². The predicted molar refractivity (Wildman–Crippen MR) is 76.5 cm³/mol. The molecule has 0 spiro atoms. The number of hydrogen-bond donors (Lipinski definition) is 1. The quantitative estimate of drug-likeness (QED) is 0.948. The van der Waals surface area contributed by atoms with Crippen molar-refractivity contribution in [2.45, 2.75) is 10.9 Å². The van der Waals surface area contributed by atoms with Gasteiger partial charge in [0.2, 0.25) is 10.0 Å². The van der Waals surface area contributed by atoms with E-state index in [-0.39, 0.29) is 10.9 Å². The molecular weight excluding hydrogens is 298 g/mol. The number of fused-ring (bicyclic) bond motifs is 1. The second-order valence-electron chi connectivity index (χ2n) is 4.48. The Morgan fingerprint density at radius 2 is 1.95 bits per heavy atom. The molecule has 6 heteroatoms. The van der Waals surface area contributed by atoms with Crippen LogP contribution in [0.4, 0.5) is 0 Å². The van der Waals surface area contributed by atoms with E-state index in [0.717, 1.165) is 5.56 Å². The maximum atomic E-state index is 12.3. The molecule has 1 unspecified atom stereocenters. The van der Waals surface area contributed by atoms with E-state index in [1.54, 1.807) is 12.1 Å². The first kappa shape index (κ1) is 13.4. The van der Waals surface area contributed by atoms with Crippen molar-refractivity contribution in [1.29, 1.82) is 0 Å². The highest BCUT2D eigenvalue weighted by Gasteiger charge is 2.28. The molecule has 1 aliphatic heterocycles. The van der Waals surface area contributed by atoms with Crippen LogP contribution < -0.4 is 9.46 Å². The summed E-state index contributed by atoms with van der Waals surface area (Å²) in [6.45, 7) is 0.291. The smallest absolute Gasteiger partial charge is 0.241 e. The molecule has 0 bridgehead atoms. The van der Waals surface area contributed by atoms with Gasteiger partial charge in [0.05, 0.1) is 10.9 Å². The fraction of sp³-hybridized carbons (Fsp3) is 0.143. The van der Waals surface area contributed by atoms with Crippen molar-refractivity contribution >= 4 is 21.6 Å². The first-order valence-corrected chi connectivity index (χ1v) is 7.92. The van der Waals surface area contributed by atoms with Crippen LogP contribution in [0.3, 0.4) is 0 Å². The molecule has 2 aromatic carbocycles. The maximum Gasteiger partial charge on any atom is 0.241 e. The van der Waals surface area contributed by atoms with Gasteiger partial charge in [-0.15, -0.1) is 0 Å². The third-order valence-corrected chi connectivity index (χ3v) is 4.81. The van der Waals surface area contributed by atoms with E-state index in [2.05, 4.69) is 4.72 Å². The summed E-state index contributed by atoms with van der Waals surface area (Å²) in [7, 11) is -3.62. The number of sulfonamides is 1. The summed E-state index contributed by atoms with van der Waals surface area (Å²) in [5, 5.41) is 0.385. The highest BCUT2D eigenvalue weighted by Crippen LogP contribution is 2.32. The maximum absolute atomic E-state index is 12.3. The summed E-state index contributed by atoms with van der Waals surface area (Å²) in [5.74, 6) is 0.714. The Morgan fingerprint density at radius 3 is 2.75 bits per heavy atom. The lowest BCUT2D eigenvalue weighted by atomic mass is 10.1. The Labute approximate surface area is 122 Å². The van der Waals surface area contributed by atoms with Gasteiger partial charge >= 0.3 is 0 Å². The molecule has 1 heterocycles. The monoisotopic (exact) mass is 309 g/mol. The Bertz CT molecular complexity index is 746. The van der Waals surface area contributed by atoms with Crippen LogP contribution in [0.1, 0.15) is 11.6 Å². The first-order chi connectivity index (χ1) is 9.56. The van der Waals surface area contributed by atoms with E-state index >= 15 is 0 Å². The first-order valence-electron chi connectivity index (χ1n) is 6.06. The zero-order valence-corrected chi connectivity index (χ0v) is 12.0. The van der Waals surface area contributed by atoms with E-state index in [9.17, 15) is 8.42 Å². The number of benzene rings is 2. The van der Waals surface area contributed by atoms with Crippen molar-refractivity contribution < 1.29 is 13.2 Å². The van der Waals surface area contributed by atoms with Gasteiger partial charge in [0.15, 0.2) is 0 Å². The van der Waals surface area contributed by atoms with E-state index in [1.165, 1.54) is 12.1 Å². The van der Waals surface area contributed by atoms with E-state index in [1.807, 2.05) is 24.3 Å². The lowest BCUT2D eigenvalue weighted by Crippen LogP contribution is -2.29. The molecule has 0 radical (unpaired) electrons. The SMILES string of the molecule is O=S(=O)(NC1COc2ccccc21)c1cccc(Cl)c1. The van der Waals surface area contributed by atoms with Crippen LogP contribution in [0.2, 0.25) is 5.02 Å². The molecule has 0 saturated carbocycles. The Balaban J connectivity index is 1.89. The molecule has 0 aromatic heterocycles. The topological polar surface area (TPSA) is 55.4 Å². The van der Waals surface area contributed by atoms with Gasteiger partial charge in [0.25, 0.3) is 0 Å². The van der Waals surface area contributed by atoms with Gasteiger partial charge in [-0.05, 0) is 24.3 Å². The highest BCUT2D eigenvalue weighted by atomic mass is 35.5. The van der Waals surface area contributed by atoms with E-state index in [0.29, 0.717) is 17.4 Å². The zero-order valence-electron chi connectivity index (χ0n) is 10.4. The minimum atomic E-state index is -3.62. The highest BCUT2D eigenvalue weighted by molar-refractivity contribution is 7.89. The van der Waals surface area contributed by atoms with Gasteiger partial charge in [-0.1, -0.05) is 35.9 Å². The normalized spacial score (nSPS) is 17.6. The van der Waals surface area contributed by atoms with Crippen LogP contribution in [-0.4, -0.2) is 15.0 Å². The van der Waals surface area contributed by atoms with Crippen molar-refractivity contribution in [2.75, 3.05) is 6.61 Å². The largest absolute Gasteiger partial charge is 0.491 e. The molecule has 0 fully saturated rings. The number of rotatable bonds is 3. The molecule has 3 rings (SSSR count). The van der Waals surface area contributed by atoms with Crippen molar-refractivity contribution in [1.82, 2.24) is 4.72 Å². The van der Waals surface area contributed by atoms with Crippen molar-refractivity contribution in [2.24, 2.45) is 0 Å². The number of halogens is 1. The third kappa shape index (κ3) is 2.52. The van der Waals surface area contributed by atoms with Crippen LogP contribution in [-0.2, 0) is 10.0 Å². The molecule has 20 heavy (non-hydrogen) atoms. The molecule has 1 N–H and O–H groups in total. The summed E-state index contributed by atoms with van der Waals surface area (Å²) >= 11 is 5.83. The third-order valence-electron chi connectivity index (χ3n) is 3.10. The van der Waals surface area contributed by atoms with Crippen LogP contribution in [0.5, 0.6) is 5.75 Å². The lowest BCUT2D eigenvalue weighted by Gasteiger charge is -2.12. The Hall–Kier alpha value is -1.56. The number of ether oxygens (including phenoxy) is 1. The summed E-state index contributed by atoms with van der Waals surface area (Å²) in [5.41, 5.74) is 0.845. The summed E-state index contributed by atoms with van der Waals surface area (Å²) in [4.78, 5) is 0.148. The van der Waals surface area contributed by atoms with E-state index < -0.39 is 10.0 Å². The number of hydrogen-bond acceptors (Lipinski definition) is 3. The Kier molecular flexibility index (Phi) is 3.41. The second-order valence-corrected chi connectivity index (χ2v) is 6.63. The van der Waals surface area contributed by atoms with Crippen molar-refractivity contribution in [3.05, 3.63) is 59.1 Å². The fourth-order valence-electron chi connectivity index (χ4n) is 2.15. The average Bonchev–Trinajstić information content (AvgIpc) is 2.82. The van der Waals surface area contributed by atoms with Crippen molar-refractivity contribution in [3.8, 4) is 5.75 Å². The fourth-order valence-corrected chi connectivity index (χ4v) is 3.65. The van der Waals surface area contributed by atoms with Gasteiger partial charge < -0.3 is 4.74 Å². The molecule has 2 aromatic rings. The van der Waals surface area contributed by atoms with Gasteiger partial charge in [-0.3, -0.25) is 0 Å². The van der Waals surface area contributed by atoms with E-state index in [4.69, 9.17) is 16.3 Å². The minimum absolute atomic E-state index is 0.148. The second kappa shape index (κ2) is 5.09.